The first kappa shape index (κ1) is 20.4. The maximum Gasteiger partial charge on any atom is 0.262 e. The van der Waals surface area contributed by atoms with Gasteiger partial charge in [-0.2, -0.15) is 4.31 Å². The van der Waals surface area contributed by atoms with E-state index in [0.717, 1.165) is 29.7 Å². The van der Waals surface area contributed by atoms with Crippen molar-refractivity contribution in [1.29, 1.82) is 0 Å². The van der Waals surface area contributed by atoms with Crippen LogP contribution in [0.15, 0.2) is 41.3 Å². The van der Waals surface area contributed by atoms with Gasteiger partial charge >= 0.3 is 0 Å². The van der Waals surface area contributed by atoms with Crippen LogP contribution in [0.3, 0.4) is 0 Å². The first-order valence-electron chi connectivity index (χ1n) is 9.38. The number of nitrogens with one attached hydrogen (secondary N) is 1. The van der Waals surface area contributed by atoms with Crippen LogP contribution in [0.1, 0.15) is 29.5 Å². The summed E-state index contributed by atoms with van der Waals surface area (Å²) >= 11 is 0. The Bertz CT molecular complexity index is 980. The summed E-state index contributed by atoms with van der Waals surface area (Å²) in [6.45, 7) is 6.70. The smallest absolute Gasteiger partial charge is 0.262 e. The number of hydrogen-bond acceptors (Lipinski definition) is 4. The Morgan fingerprint density at radius 3 is 2.39 bits per heavy atom. The molecule has 0 aliphatic carbocycles. The summed E-state index contributed by atoms with van der Waals surface area (Å²) in [5.41, 5.74) is 3.55. The lowest BCUT2D eigenvalue weighted by Gasteiger charge is -2.17. The lowest BCUT2D eigenvalue weighted by Crippen LogP contribution is -2.27. The largest absolute Gasteiger partial charge is 0.483 e. The maximum atomic E-state index is 12.6. The molecule has 0 bridgehead atoms. The van der Waals surface area contributed by atoms with E-state index in [2.05, 4.69) is 5.32 Å². The molecule has 2 aromatic carbocycles. The molecule has 0 unspecified atom stereocenters. The van der Waals surface area contributed by atoms with Crippen LogP contribution in [0.2, 0.25) is 0 Å². The minimum atomic E-state index is -3.46. The normalized spacial score (nSPS) is 14.8. The highest BCUT2D eigenvalue weighted by atomic mass is 32.2. The van der Waals surface area contributed by atoms with E-state index in [1.54, 1.807) is 19.1 Å². The fraction of sp³-hybridized carbons (Fsp3) is 0.381. The molecule has 6 nitrogen and oxygen atoms in total. The van der Waals surface area contributed by atoms with Crippen LogP contribution < -0.4 is 10.1 Å². The van der Waals surface area contributed by atoms with Crippen LogP contribution in [0.25, 0.3) is 0 Å². The van der Waals surface area contributed by atoms with E-state index in [-0.39, 0.29) is 17.4 Å². The van der Waals surface area contributed by atoms with Crippen molar-refractivity contribution in [3.63, 3.8) is 0 Å². The monoisotopic (exact) mass is 402 g/mol. The maximum absolute atomic E-state index is 12.6. The highest BCUT2D eigenvalue weighted by Gasteiger charge is 2.27. The van der Waals surface area contributed by atoms with Gasteiger partial charge in [0.1, 0.15) is 5.75 Å². The Labute approximate surface area is 166 Å². The number of carbonyl (C=O) groups is 1. The van der Waals surface area contributed by atoms with Gasteiger partial charge in [-0.25, -0.2) is 8.42 Å². The van der Waals surface area contributed by atoms with E-state index < -0.39 is 10.0 Å². The Balaban J connectivity index is 1.64. The molecule has 0 radical (unpaired) electrons. The number of sulfonamides is 1. The van der Waals surface area contributed by atoms with Crippen molar-refractivity contribution in [2.24, 2.45) is 0 Å². The highest BCUT2D eigenvalue weighted by molar-refractivity contribution is 7.89. The molecule has 0 saturated carbocycles. The van der Waals surface area contributed by atoms with Gasteiger partial charge < -0.3 is 10.1 Å². The molecule has 1 N–H and O–H groups in total. The van der Waals surface area contributed by atoms with Crippen LogP contribution in [-0.2, 0) is 14.8 Å². The van der Waals surface area contributed by atoms with Gasteiger partial charge in [-0.3, -0.25) is 4.79 Å². The molecule has 0 aromatic heterocycles. The van der Waals surface area contributed by atoms with E-state index in [9.17, 15) is 13.2 Å². The Kier molecular flexibility index (Phi) is 6.05. The van der Waals surface area contributed by atoms with Gasteiger partial charge in [0.15, 0.2) is 6.61 Å². The Morgan fingerprint density at radius 2 is 1.75 bits per heavy atom. The summed E-state index contributed by atoms with van der Waals surface area (Å²) in [5.74, 6) is 0.233. The minimum Gasteiger partial charge on any atom is -0.483 e. The summed E-state index contributed by atoms with van der Waals surface area (Å²) < 4.78 is 32.4. The van der Waals surface area contributed by atoms with E-state index in [4.69, 9.17) is 4.74 Å². The van der Waals surface area contributed by atoms with Gasteiger partial charge in [-0.1, -0.05) is 17.7 Å². The Morgan fingerprint density at radius 1 is 1.04 bits per heavy atom. The average Bonchev–Trinajstić information content (AvgIpc) is 3.18. The van der Waals surface area contributed by atoms with Crippen molar-refractivity contribution in [2.75, 3.05) is 25.0 Å². The molecule has 28 heavy (non-hydrogen) atoms. The molecule has 0 atom stereocenters. The molecule has 1 saturated heterocycles. The predicted molar refractivity (Wildman–Crippen MR) is 109 cm³/mol. The number of amides is 1. The van der Waals surface area contributed by atoms with Crippen molar-refractivity contribution in [2.45, 2.75) is 38.5 Å². The number of rotatable bonds is 6. The first-order chi connectivity index (χ1) is 13.3. The molecule has 3 rings (SSSR count). The van der Waals surface area contributed by atoms with E-state index in [0.29, 0.717) is 24.4 Å². The third-order valence-corrected chi connectivity index (χ3v) is 6.76. The van der Waals surface area contributed by atoms with Gasteiger partial charge in [0.2, 0.25) is 10.0 Å². The van der Waals surface area contributed by atoms with E-state index >= 15 is 0 Å². The first-order valence-corrected chi connectivity index (χ1v) is 10.8. The summed E-state index contributed by atoms with van der Waals surface area (Å²) in [6.07, 6.45) is 1.80. The van der Waals surface area contributed by atoms with Crippen LogP contribution in [0.4, 0.5) is 5.69 Å². The molecule has 1 aliphatic heterocycles. The number of hydrogen-bond donors (Lipinski definition) is 1. The zero-order valence-electron chi connectivity index (χ0n) is 16.5. The SMILES string of the molecule is Cc1ccc(NC(=O)COc2ccc(S(=O)(=O)N3CCCC3)cc2C)c(C)c1. The van der Waals surface area contributed by atoms with Gasteiger partial charge in [0.05, 0.1) is 4.90 Å². The van der Waals surface area contributed by atoms with Crippen molar-refractivity contribution in [3.8, 4) is 5.75 Å². The molecule has 1 heterocycles. The zero-order chi connectivity index (χ0) is 20.3. The molecule has 1 fully saturated rings. The third kappa shape index (κ3) is 4.54. The predicted octanol–water partition coefficient (Wildman–Crippen LogP) is 3.41. The van der Waals surface area contributed by atoms with Crippen LogP contribution >= 0.6 is 0 Å². The second-order valence-corrected chi connectivity index (χ2v) is 9.13. The average molecular weight is 403 g/mol. The molecule has 2 aromatic rings. The minimum absolute atomic E-state index is 0.146. The van der Waals surface area contributed by atoms with Crippen molar-refractivity contribution >= 4 is 21.6 Å². The second-order valence-electron chi connectivity index (χ2n) is 7.19. The summed E-state index contributed by atoms with van der Waals surface area (Å²) in [6, 6.07) is 10.6. The molecule has 1 amide bonds. The van der Waals surface area contributed by atoms with E-state index in [1.165, 1.54) is 10.4 Å². The van der Waals surface area contributed by atoms with Gasteiger partial charge in [-0.05, 0) is 69.0 Å². The number of anilines is 1. The van der Waals surface area contributed by atoms with Crippen molar-refractivity contribution in [1.82, 2.24) is 4.31 Å². The van der Waals surface area contributed by atoms with Gasteiger partial charge in [-0.15, -0.1) is 0 Å². The number of carbonyl (C=O) groups excluding carboxylic acids is 1. The molecule has 0 spiro atoms. The van der Waals surface area contributed by atoms with Crippen LogP contribution in [-0.4, -0.2) is 38.3 Å². The van der Waals surface area contributed by atoms with Crippen LogP contribution in [0, 0.1) is 20.8 Å². The Hall–Kier alpha value is -2.38. The number of benzene rings is 2. The van der Waals surface area contributed by atoms with Gasteiger partial charge in [0, 0.05) is 18.8 Å². The highest BCUT2D eigenvalue weighted by Crippen LogP contribution is 2.26. The third-order valence-electron chi connectivity index (χ3n) is 4.86. The van der Waals surface area contributed by atoms with Crippen LogP contribution in [0.5, 0.6) is 5.75 Å². The van der Waals surface area contributed by atoms with Crippen molar-refractivity contribution in [3.05, 3.63) is 53.1 Å². The molecular formula is C21H26N2O4S. The lowest BCUT2D eigenvalue weighted by molar-refractivity contribution is -0.118. The number of nitrogens with zero attached hydrogens (tertiary/aromatic N) is 1. The number of ether oxygens (including phenoxy) is 1. The molecule has 7 heteroatoms. The summed E-state index contributed by atoms with van der Waals surface area (Å²) in [7, 11) is -3.46. The fourth-order valence-electron chi connectivity index (χ4n) is 3.31. The zero-order valence-corrected chi connectivity index (χ0v) is 17.3. The topological polar surface area (TPSA) is 75.7 Å². The summed E-state index contributed by atoms with van der Waals surface area (Å²) in [5, 5.41) is 2.83. The fourth-order valence-corrected chi connectivity index (χ4v) is 4.91. The lowest BCUT2D eigenvalue weighted by atomic mass is 10.1. The molecule has 150 valence electrons. The van der Waals surface area contributed by atoms with E-state index in [1.807, 2.05) is 32.0 Å². The second kappa shape index (κ2) is 8.32. The molecular weight excluding hydrogens is 376 g/mol. The van der Waals surface area contributed by atoms with Crippen molar-refractivity contribution < 1.29 is 17.9 Å². The van der Waals surface area contributed by atoms with Gasteiger partial charge in [0.25, 0.3) is 5.91 Å². The summed E-state index contributed by atoms with van der Waals surface area (Å²) in [4.78, 5) is 12.5. The number of aryl methyl sites for hydroxylation is 3. The quantitative estimate of drug-likeness (QED) is 0.803. The molecule has 1 aliphatic rings. The standard InChI is InChI=1S/C21H26N2O4S/c1-15-6-8-19(16(2)12-15)22-21(24)14-27-20-9-7-18(13-17(20)3)28(25,26)23-10-4-5-11-23/h6-9,12-13H,4-5,10-11,14H2,1-3H3,(H,22,24).